The molecule has 6 heteroatoms. The third-order valence-electron chi connectivity index (χ3n) is 7.94. The molecule has 4 aliphatic rings. The first-order chi connectivity index (χ1) is 17.7. The van der Waals surface area contributed by atoms with Crippen molar-refractivity contribution < 1.29 is 9.47 Å². The fraction of sp³-hybridized carbons (Fsp3) is 0.533. The van der Waals surface area contributed by atoms with Gasteiger partial charge in [0.1, 0.15) is 13.2 Å². The number of rotatable bonds is 4. The second-order valence-corrected chi connectivity index (χ2v) is 10.2. The van der Waals surface area contributed by atoms with Crippen LogP contribution >= 0.6 is 0 Å². The molecule has 2 aliphatic heterocycles. The van der Waals surface area contributed by atoms with Gasteiger partial charge in [-0.25, -0.2) is 9.98 Å². The lowest BCUT2D eigenvalue weighted by Crippen LogP contribution is -2.18. The molecule has 6 nitrogen and oxygen atoms in total. The van der Waals surface area contributed by atoms with E-state index in [0.717, 1.165) is 24.9 Å². The Bertz CT molecular complexity index is 1110. The monoisotopic (exact) mass is 488 g/mol. The summed E-state index contributed by atoms with van der Waals surface area (Å²) in [6.45, 7) is 7.53. The molecule has 0 fully saturated rings. The molecular formula is C30H40N4O2. The smallest absolute Gasteiger partial charge is 0.289 e. The molecule has 0 saturated carbocycles. The minimum absolute atomic E-state index is 0.681. The van der Waals surface area contributed by atoms with Gasteiger partial charge in [0.2, 0.25) is 0 Å². The minimum Gasteiger partial charge on any atom is -0.463 e. The lowest BCUT2D eigenvalue weighted by atomic mass is 9.81. The highest BCUT2D eigenvalue weighted by Gasteiger charge is 2.22. The quantitative estimate of drug-likeness (QED) is 0.529. The lowest BCUT2D eigenvalue weighted by Gasteiger charge is -2.26. The van der Waals surface area contributed by atoms with E-state index in [9.17, 15) is 0 Å². The topological polar surface area (TPSA) is 67.2 Å². The van der Waals surface area contributed by atoms with Crippen molar-refractivity contribution in [2.75, 3.05) is 36.9 Å². The average Bonchev–Trinajstić information content (AvgIpc) is 3.63. The number of hydrogen-bond donors (Lipinski definition) is 2. The van der Waals surface area contributed by atoms with Crippen LogP contribution in [0.3, 0.4) is 0 Å². The highest BCUT2D eigenvalue weighted by Crippen LogP contribution is 2.37. The van der Waals surface area contributed by atoms with Gasteiger partial charge >= 0.3 is 0 Å². The van der Waals surface area contributed by atoms with E-state index < -0.39 is 0 Å². The number of nitrogens with zero attached hydrogens (tertiary/aromatic N) is 2. The number of aliphatic imine (C=N–C) groups is 2. The zero-order chi connectivity index (χ0) is 24.7. The number of nitrogens with one attached hydrogen (secondary N) is 2. The lowest BCUT2D eigenvalue weighted by molar-refractivity contribution is 0.346. The molecule has 0 radical (unpaired) electrons. The summed E-state index contributed by atoms with van der Waals surface area (Å²) in [5, 5.41) is 6.67. The van der Waals surface area contributed by atoms with Gasteiger partial charge in [-0.3, -0.25) is 0 Å². The van der Waals surface area contributed by atoms with Gasteiger partial charge in [-0.2, -0.15) is 0 Å². The van der Waals surface area contributed by atoms with Crippen molar-refractivity contribution in [1.29, 1.82) is 0 Å². The Hall–Kier alpha value is -3.02. The first-order valence-corrected chi connectivity index (χ1v) is 13.9. The van der Waals surface area contributed by atoms with Gasteiger partial charge in [-0.1, -0.05) is 44.5 Å². The predicted molar refractivity (Wildman–Crippen MR) is 148 cm³/mol. The van der Waals surface area contributed by atoms with Crippen molar-refractivity contribution in [2.45, 2.75) is 71.1 Å². The number of fused-ring (bicyclic) bond motifs is 2. The summed E-state index contributed by atoms with van der Waals surface area (Å²) in [6.07, 6.45) is 9.99. The normalized spacial score (nSPS) is 22.1. The van der Waals surface area contributed by atoms with E-state index in [0.29, 0.717) is 25.3 Å². The van der Waals surface area contributed by atoms with Gasteiger partial charge in [0.25, 0.3) is 12.0 Å². The molecule has 2 aromatic rings. The molecule has 0 bridgehead atoms. The third-order valence-corrected chi connectivity index (χ3v) is 7.94. The van der Waals surface area contributed by atoms with Gasteiger partial charge in [0.05, 0.1) is 13.1 Å². The first kappa shape index (κ1) is 24.7. The molecule has 0 saturated heterocycles. The molecular weight excluding hydrogens is 448 g/mol. The van der Waals surface area contributed by atoms with Crippen molar-refractivity contribution >= 4 is 23.4 Å². The van der Waals surface area contributed by atoms with E-state index >= 15 is 0 Å². The highest BCUT2D eigenvalue weighted by atomic mass is 16.5. The highest BCUT2D eigenvalue weighted by molar-refractivity contribution is 5.91. The van der Waals surface area contributed by atoms with E-state index in [1.54, 1.807) is 0 Å². The Balaban J connectivity index is 0.000000148. The summed E-state index contributed by atoms with van der Waals surface area (Å²) in [5.41, 5.74) is 8.31. The summed E-state index contributed by atoms with van der Waals surface area (Å²) < 4.78 is 10.9. The van der Waals surface area contributed by atoms with Crippen LogP contribution in [0.1, 0.15) is 74.1 Å². The van der Waals surface area contributed by atoms with Crippen molar-refractivity contribution in [2.24, 2.45) is 15.9 Å². The van der Waals surface area contributed by atoms with E-state index in [1.807, 2.05) is 0 Å². The maximum atomic E-state index is 5.44. The molecule has 2 atom stereocenters. The summed E-state index contributed by atoms with van der Waals surface area (Å²) in [6, 6.07) is 14.5. The van der Waals surface area contributed by atoms with Crippen LogP contribution < -0.4 is 10.6 Å². The number of ether oxygens (including phenoxy) is 2. The van der Waals surface area contributed by atoms with Gasteiger partial charge in [0, 0.05) is 11.4 Å². The fourth-order valence-electron chi connectivity index (χ4n) is 5.89. The van der Waals surface area contributed by atoms with E-state index in [4.69, 9.17) is 9.47 Å². The Kier molecular flexibility index (Phi) is 8.09. The van der Waals surface area contributed by atoms with Gasteiger partial charge in [-0.05, 0) is 91.2 Å². The zero-order valence-corrected chi connectivity index (χ0v) is 21.8. The van der Waals surface area contributed by atoms with Crippen molar-refractivity contribution in [1.82, 2.24) is 0 Å². The predicted octanol–water partition coefficient (Wildman–Crippen LogP) is 6.31. The molecule has 0 aromatic heterocycles. The van der Waals surface area contributed by atoms with Crippen LogP contribution in [0.2, 0.25) is 0 Å². The van der Waals surface area contributed by atoms with Gasteiger partial charge in [-0.15, -0.1) is 0 Å². The number of anilines is 2. The summed E-state index contributed by atoms with van der Waals surface area (Å²) in [5.74, 6) is 1.58. The molecule has 0 amide bonds. The van der Waals surface area contributed by atoms with Crippen molar-refractivity contribution in [3.8, 4) is 0 Å². The summed E-state index contributed by atoms with van der Waals surface area (Å²) in [7, 11) is 0. The van der Waals surface area contributed by atoms with Crippen LogP contribution in [-0.2, 0) is 28.7 Å². The van der Waals surface area contributed by atoms with E-state index in [1.165, 1.54) is 85.0 Å². The SMILES string of the molecule is CCC1CCCc2c(NC3=NCCO3)cccc21.CCC1CCc2c(cccc2NC2=NCCO2)C1. The fourth-order valence-corrected chi connectivity index (χ4v) is 5.89. The van der Waals surface area contributed by atoms with Crippen LogP contribution in [0.5, 0.6) is 0 Å². The molecule has 2 aliphatic carbocycles. The maximum absolute atomic E-state index is 5.44. The van der Waals surface area contributed by atoms with Gasteiger partial charge in [0.15, 0.2) is 0 Å². The molecule has 2 aromatic carbocycles. The number of benzene rings is 2. The van der Waals surface area contributed by atoms with E-state index in [2.05, 4.69) is 70.9 Å². The third kappa shape index (κ3) is 5.69. The van der Waals surface area contributed by atoms with Crippen LogP contribution in [0.4, 0.5) is 11.4 Å². The summed E-state index contributed by atoms with van der Waals surface area (Å²) >= 11 is 0. The van der Waals surface area contributed by atoms with Gasteiger partial charge < -0.3 is 20.1 Å². The molecule has 36 heavy (non-hydrogen) atoms. The van der Waals surface area contributed by atoms with Crippen molar-refractivity contribution in [3.05, 3.63) is 58.7 Å². The maximum Gasteiger partial charge on any atom is 0.289 e. The van der Waals surface area contributed by atoms with Crippen LogP contribution in [0.25, 0.3) is 0 Å². The van der Waals surface area contributed by atoms with Crippen LogP contribution in [-0.4, -0.2) is 38.3 Å². The Morgan fingerprint density at radius 1 is 0.806 bits per heavy atom. The summed E-state index contributed by atoms with van der Waals surface area (Å²) in [4.78, 5) is 8.60. The molecule has 192 valence electrons. The Morgan fingerprint density at radius 2 is 1.50 bits per heavy atom. The largest absolute Gasteiger partial charge is 0.463 e. The number of amidine groups is 2. The van der Waals surface area contributed by atoms with Crippen molar-refractivity contribution in [3.63, 3.8) is 0 Å². The minimum atomic E-state index is 0.681. The Labute approximate surface area is 215 Å². The average molecular weight is 489 g/mol. The van der Waals surface area contributed by atoms with E-state index in [-0.39, 0.29) is 0 Å². The first-order valence-electron chi connectivity index (χ1n) is 13.9. The number of hydrogen-bond acceptors (Lipinski definition) is 6. The second kappa shape index (κ2) is 11.8. The van der Waals surface area contributed by atoms with Crippen LogP contribution in [0, 0.1) is 5.92 Å². The molecule has 2 unspecified atom stereocenters. The molecule has 2 N–H and O–H groups in total. The Morgan fingerprint density at radius 3 is 2.14 bits per heavy atom. The molecule has 6 rings (SSSR count). The zero-order valence-electron chi connectivity index (χ0n) is 21.8. The molecule has 2 heterocycles. The standard InChI is InChI=1S/2C15H20N2O/c1-2-11-5-3-7-13-12(11)6-4-8-14(13)17-15-16-9-10-18-15;1-2-11-6-7-13-12(10-11)4-3-5-14(13)17-15-16-8-9-18-15/h4,6,8,11H,2-3,5,7,9-10H2,1H3,(H,16,17);3-5,11H,2,6-10H2,1H3,(H,16,17). The molecule has 0 spiro atoms. The van der Waals surface area contributed by atoms with Crippen LogP contribution in [0.15, 0.2) is 46.4 Å². The second-order valence-electron chi connectivity index (χ2n) is 10.2.